The summed E-state index contributed by atoms with van der Waals surface area (Å²) >= 11 is 0. The van der Waals surface area contributed by atoms with E-state index < -0.39 is 0 Å². The second-order valence-corrected chi connectivity index (χ2v) is 5.46. The molecule has 1 aromatic rings. The number of amides is 1. The van der Waals surface area contributed by atoms with Crippen molar-refractivity contribution in [1.82, 2.24) is 15.3 Å². The third-order valence-corrected chi connectivity index (χ3v) is 3.82. The highest BCUT2D eigenvalue weighted by Gasteiger charge is 2.25. The van der Waals surface area contributed by atoms with E-state index in [4.69, 9.17) is 0 Å². The van der Waals surface area contributed by atoms with Gasteiger partial charge >= 0.3 is 0 Å². The highest BCUT2D eigenvalue weighted by atomic mass is 16.1. The van der Waals surface area contributed by atoms with Gasteiger partial charge in [-0.1, -0.05) is 6.92 Å². The second kappa shape index (κ2) is 7.24. The Bertz CT molecular complexity index is 483. The van der Waals surface area contributed by atoms with Gasteiger partial charge in [0, 0.05) is 38.7 Å². The molecule has 0 saturated carbocycles. The van der Waals surface area contributed by atoms with E-state index in [1.165, 1.54) is 0 Å². The number of aromatic nitrogens is 2. The molecule has 0 atom stereocenters. The Morgan fingerprint density at radius 2 is 2.10 bits per heavy atom. The molecule has 1 saturated heterocycles. The van der Waals surface area contributed by atoms with Crippen molar-refractivity contribution in [2.24, 2.45) is 5.92 Å². The lowest BCUT2D eigenvalue weighted by molar-refractivity contribution is -0.125. The van der Waals surface area contributed by atoms with E-state index in [0.29, 0.717) is 0 Å². The number of rotatable bonds is 5. The van der Waals surface area contributed by atoms with Crippen LogP contribution in [0.2, 0.25) is 0 Å². The van der Waals surface area contributed by atoms with E-state index in [9.17, 15) is 4.79 Å². The number of aryl methyl sites for hydroxylation is 1. The summed E-state index contributed by atoms with van der Waals surface area (Å²) in [4.78, 5) is 22.9. The molecule has 6 heteroatoms. The minimum Gasteiger partial charge on any atom is -0.370 e. The van der Waals surface area contributed by atoms with Gasteiger partial charge in [0.1, 0.15) is 17.5 Å². The Kier molecular flexibility index (Phi) is 5.36. The summed E-state index contributed by atoms with van der Waals surface area (Å²) in [6.45, 7) is 6.68. The van der Waals surface area contributed by atoms with Crippen LogP contribution in [0.25, 0.3) is 0 Å². The Morgan fingerprint density at radius 1 is 1.38 bits per heavy atom. The van der Waals surface area contributed by atoms with Crippen molar-refractivity contribution in [2.75, 3.05) is 36.9 Å². The van der Waals surface area contributed by atoms with Crippen molar-refractivity contribution in [1.29, 1.82) is 0 Å². The monoisotopic (exact) mass is 291 g/mol. The average molecular weight is 291 g/mol. The molecule has 2 heterocycles. The smallest absolute Gasteiger partial charge is 0.222 e. The molecule has 6 nitrogen and oxygen atoms in total. The van der Waals surface area contributed by atoms with E-state index in [1.807, 2.05) is 13.0 Å². The Labute approximate surface area is 126 Å². The molecule has 1 amide bonds. The summed E-state index contributed by atoms with van der Waals surface area (Å²) in [6.07, 6.45) is 2.82. The van der Waals surface area contributed by atoms with Gasteiger partial charge in [0.15, 0.2) is 0 Å². The van der Waals surface area contributed by atoms with Crippen molar-refractivity contribution >= 4 is 17.5 Å². The fourth-order valence-corrected chi connectivity index (χ4v) is 2.63. The maximum atomic E-state index is 11.7. The van der Waals surface area contributed by atoms with Crippen LogP contribution in [0, 0.1) is 12.8 Å². The Balaban J connectivity index is 2.02. The van der Waals surface area contributed by atoms with Gasteiger partial charge in [0.05, 0.1) is 0 Å². The molecule has 2 rings (SSSR count). The maximum absolute atomic E-state index is 11.7. The summed E-state index contributed by atoms with van der Waals surface area (Å²) in [7, 11) is 1.70. The Hall–Kier alpha value is -1.85. The van der Waals surface area contributed by atoms with E-state index >= 15 is 0 Å². The molecule has 1 aliphatic heterocycles. The molecule has 0 unspecified atom stereocenters. The molecule has 1 aromatic heterocycles. The fraction of sp³-hybridized carbons (Fsp3) is 0.667. The molecular weight excluding hydrogens is 266 g/mol. The topological polar surface area (TPSA) is 70.2 Å². The van der Waals surface area contributed by atoms with Crippen LogP contribution < -0.4 is 15.5 Å². The summed E-state index contributed by atoms with van der Waals surface area (Å²) in [5.41, 5.74) is 0. The Morgan fingerprint density at radius 3 is 2.71 bits per heavy atom. The van der Waals surface area contributed by atoms with Gasteiger partial charge in [-0.2, -0.15) is 0 Å². The summed E-state index contributed by atoms with van der Waals surface area (Å²) < 4.78 is 0. The zero-order valence-corrected chi connectivity index (χ0v) is 13.1. The van der Waals surface area contributed by atoms with E-state index in [0.717, 1.165) is 56.4 Å². The minimum absolute atomic E-state index is 0.131. The quantitative estimate of drug-likeness (QED) is 0.862. The number of nitrogens with one attached hydrogen (secondary N) is 2. The van der Waals surface area contributed by atoms with Gasteiger partial charge in [-0.3, -0.25) is 4.79 Å². The molecule has 1 aliphatic rings. The van der Waals surface area contributed by atoms with Gasteiger partial charge < -0.3 is 15.5 Å². The third-order valence-electron chi connectivity index (χ3n) is 3.82. The number of hydrogen-bond acceptors (Lipinski definition) is 5. The first-order valence-electron chi connectivity index (χ1n) is 7.70. The number of carbonyl (C=O) groups is 1. The van der Waals surface area contributed by atoms with Crippen LogP contribution in [-0.4, -0.2) is 42.6 Å². The molecular formula is C15H25N5O. The van der Waals surface area contributed by atoms with Gasteiger partial charge in [-0.15, -0.1) is 0 Å². The lowest BCUT2D eigenvalue weighted by atomic mass is 9.96. The van der Waals surface area contributed by atoms with Crippen molar-refractivity contribution < 1.29 is 4.79 Å². The minimum atomic E-state index is 0.131. The highest BCUT2D eigenvalue weighted by molar-refractivity contribution is 5.78. The predicted octanol–water partition coefficient (Wildman–Crippen LogP) is 1.57. The van der Waals surface area contributed by atoms with Crippen LogP contribution in [0.5, 0.6) is 0 Å². The van der Waals surface area contributed by atoms with Crippen LogP contribution in [-0.2, 0) is 4.79 Å². The maximum Gasteiger partial charge on any atom is 0.222 e. The van der Waals surface area contributed by atoms with E-state index in [-0.39, 0.29) is 11.8 Å². The summed E-state index contributed by atoms with van der Waals surface area (Å²) in [6, 6.07) is 2.00. The first-order chi connectivity index (χ1) is 10.1. The SMILES string of the molecule is CCCNc1cc(N2CCC(C(=O)NC)CC2)nc(C)n1. The zero-order valence-electron chi connectivity index (χ0n) is 13.1. The summed E-state index contributed by atoms with van der Waals surface area (Å²) in [5.74, 6) is 2.90. The van der Waals surface area contributed by atoms with Crippen LogP contribution in [0.1, 0.15) is 32.0 Å². The number of hydrogen-bond donors (Lipinski definition) is 2. The van der Waals surface area contributed by atoms with E-state index in [1.54, 1.807) is 7.05 Å². The fourth-order valence-electron chi connectivity index (χ4n) is 2.63. The van der Waals surface area contributed by atoms with Crippen molar-refractivity contribution in [3.63, 3.8) is 0 Å². The summed E-state index contributed by atoms with van der Waals surface area (Å²) in [5, 5.41) is 6.05. The standard InChI is InChI=1S/C15H25N5O/c1-4-7-17-13-10-14(19-11(2)18-13)20-8-5-12(6-9-20)15(21)16-3/h10,12H,4-9H2,1-3H3,(H,16,21)(H,17,18,19). The molecule has 0 spiro atoms. The lowest BCUT2D eigenvalue weighted by Gasteiger charge is -2.32. The lowest BCUT2D eigenvalue weighted by Crippen LogP contribution is -2.40. The highest BCUT2D eigenvalue weighted by Crippen LogP contribution is 2.23. The van der Waals surface area contributed by atoms with Crippen LogP contribution >= 0.6 is 0 Å². The van der Waals surface area contributed by atoms with Gasteiger partial charge in [-0.05, 0) is 26.2 Å². The molecule has 116 valence electrons. The molecule has 0 bridgehead atoms. The molecule has 21 heavy (non-hydrogen) atoms. The van der Waals surface area contributed by atoms with Crippen molar-refractivity contribution in [3.05, 3.63) is 11.9 Å². The first-order valence-corrected chi connectivity index (χ1v) is 7.70. The first kappa shape index (κ1) is 15.5. The number of piperidine rings is 1. The zero-order chi connectivity index (χ0) is 15.2. The third kappa shape index (κ3) is 4.06. The van der Waals surface area contributed by atoms with Crippen LogP contribution in [0.4, 0.5) is 11.6 Å². The van der Waals surface area contributed by atoms with Crippen molar-refractivity contribution in [3.8, 4) is 0 Å². The number of carbonyl (C=O) groups excluding carboxylic acids is 1. The molecule has 0 aromatic carbocycles. The second-order valence-electron chi connectivity index (χ2n) is 5.46. The van der Waals surface area contributed by atoms with Gasteiger partial charge in [-0.25, -0.2) is 9.97 Å². The molecule has 0 radical (unpaired) electrons. The van der Waals surface area contributed by atoms with Gasteiger partial charge in [0.25, 0.3) is 0 Å². The van der Waals surface area contributed by atoms with E-state index in [2.05, 4.69) is 32.4 Å². The van der Waals surface area contributed by atoms with Crippen LogP contribution in [0.15, 0.2) is 6.07 Å². The predicted molar refractivity (Wildman–Crippen MR) is 84.6 cm³/mol. The molecule has 2 N–H and O–H groups in total. The van der Waals surface area contributed by atoms with Gasteiger partial charge in [0.2, 0.25) is 5.91 Å². The normalized spacial score (nSPS) is 15.9. The average Bonchev–Trinajstić information content (AvgIpc) is 2.51. The molecule has 1 fully saturated rings. The molecule has 0 aliphatic carbocycles. The number of nitrogens with zero attached hydrogens (tertiary/aromatic N) is 3. The largest absolute Gasteiger partial charge is 0.370 e. The van der Waals surface area contributed by atoms with Crippen molar-refractivity contribution in [2.45, 2.75) is 33.1 Å². The van der Waals surface area contributed by atoms with Crippen LogP contribution in [0.3, 0.4) is 0 Å². The number of anilines is 2.